The average molecular weight is 332 g/mol. The predicted molar refractivity (Wildman–Crippen MR) is 68.4 cm³/mol. The third-order valence-electron chi connectivity index (χ3n) is 2.40. The first-order chi connectivity index (χ1) is 9.01. The molecule has 0 unspecified atom stereocenters. The van der Waals surface area contributed by atoms with Crippen LogP contribution in [-0.4, -0.2) is 0 Å². The van der Waals surface area contributed by atoms with E-state index >= 15 is 0 Å². The largest absolute Gasteiger partial charge is 0.448 e. The molecule has 0 bridgehead atoms. The number of hydrogen-bond donors (Lipinski definition) is 1. The van der Waals surface area contributed by atoms with Gasteiger partial charge in [0.05, 0.1) is 0 Å². The Kier molecular flexibility index (Phi) is 4.11. The lowest BCUT2D eigenvalue weighted by Crippen LogP contribution is -2.01. The molecule has 0 amide bonds. The van der Waals surface area contributed by atoms with Crippen LogP contribution in [0.15, 0.2) is 34.8 Å². The highest BCUT2D eigenvalue weighted by Gasteiger charge is 2.15. The van der Waals surface area contributed by atoms with Crippen LogP contribution in [-0.2, 0) is 6.54 Å². The Hall–Kier alpha value is -1.53. The van der Waals surface area contributed by atoms with Crippen molar-refractivity contribution in [3.05, 3.63) is 57.8 Å². The number of benzene rings is 2. The highest BCUT2D eigenvalue weighted by atomic mass is 79.9. The van der Waals surface area contributed by atoms with E-state index in [0.717, 1.165) is 18.2 Å². The molecule has 100 valence electrons. The zero-order valence-electron chi connectivity index (χ0n) is 9.59. The van der Waals surface area contributed by atoms with Gasteiger partial charge in [-0.05, 0) is 35.9 Å². The molecule has 0 aliphatic carbocycles. The molecule has 2 aromatic carbocycles. The first kappa shape index (κ1) is 13.9. The summed E-state index contributed by atoms with van der Waals surface area (Å²) in [6, 6.07) is 6.02. The molecule has 19 heavy (non-hydrogen) atoms. The van der Waals surface area contributed by atoms with Crippen molar-refractivity contribution >= 4 is 15.9 Å². The van der Waals surface area contributed by atoms with Crippen LogP contribution in [0.4, 0.5) is 13.2 Å². The molecule has 2 N–H and O–H groups in total. The molecular formula is C13H9BrF3NO. The van der Waals surface area contributed by atoms with E-state index in [1.54, 1.807) is 0 Å². The van der Waals surface area contributed by atoms with Crippen LogP contribution >= 0.6 is 15.9 Å². The molecule has 0 atom stereocenters. The Morgan fingerprint density at radius 2 is 1.63 bits per heavy atom. The van der Waals surface area contributed by atoms with Crippen LogP contribution in [0.1, 0.15) is 5.56 Å². The number of hydrogen-bond acceptors (Lipinski definition) is 2. The van der Waals surface area contributed by atoms with E-state index in [1.165, 1.54) is 12.1 Å². The maximum Gasteiger partial charge on any atom is 0.198 e. The van der Waals surface area contributed by atoms with Crippen molar-refractivity contribution in [1.29, 1.82) is 0 Å². The van der Waals surface area contributed by atoms with Crippen LogP contribution < -0.4 is 10.5 Å². The number of ether oxygens (including phenoxy) is 1. The topological polar surface area (TPSA) is 35.2 Å². The van der Waals surface area contributed by atoms with Crippen LogP contribution in [0, 0.1) is 17.5 Å². The normalized spacial score (nSPS) is 10.6. The summed E-state index contributed by atoms with van der Waals surface area (Å²) in [6.45, 7) is 0.000759. The molecule has 0 aliphatic rings. The van der Waals surface area contributed by atoms with Gasteiger partial charge in [0.2, 0.25) is 0 Å². The lowest BCUT2D eigenvalue weighted by molar-refractivity contribution is 0.386. The SMILES string of the molecule is NCc1cc(F)c(Oc2ccc(Br)cc2F)c(F)c1. The van der Waals surface area contributed by atoms with Gasteiger partial charge in [0.15, 0.2) is 29.0 Å². The van der Waals surface area contributed by atoms with Crippen LogP contribution in [0.2, 0.25) is 0 Å². The molecule has 0 aliphatic heterocycles. The zero-order valence-corrected chi connectivity index (χ0v) is 11.2. The molecule has 0 saturated heterocycles. The summed E-state index contributed by atoms with van der Waals surface area (Å²) in [5.74, 6) is -3.50. The third-order valence-corrected chi connectivity index (χ3v) is 2.89. The lowest BCUT2D eigenvalue weighted by atomic mass is 10.2. The Morgan fingerprint density at radius 1 is 1.00 bits per heavy atom. The molecule has 2 rings (SSSR count). The summed E-state index contributed by atoms with van der Waals surface area (Å²) in [5, 5.41) is 0. The Labute approximate surface area is 116 Å². The van der Waals surface area contributed by atoms with Gasteiger partial charge in [-0.15, -0.1) is 0 Å². The summed E-state index contributed by atoms with van der Waals surface area (Å²) in [5.41, 5.74) is 5.58. The van der Waals surface area contributed by atoms with Crippen molar-refractivity contribution < 1.29 is 17.9 Å². The van der Waals surface area contributed by atoms with Crippen molar-refractivity contribution in [2.45, 2.75) is 6.54 Å². The van der Waals surface area contributed by atoms with Crippen molar-refractivity contribution in [2.24, 2.45) is 5.73 Å². The van der Waals surface area contributed by atoms with E-state index in [-0.39, 0.29) is 12.3 Å². The van der Waals surface area contributed by atoms with Gasteiger partial charge in [-0.2, -0.15) is 0 Å². The second kappa shape index (κ2) is 5.63. The van der Waals surface area contributed by atoms with Crippen molar-refractivity contribution in [3.8, 4) is 11.5 Å². The molecule has 0 radical (unpaired) electrons. The molecular weight excluding hydrogens is 323 g/mol. The van der Waals surface area contributed by atoms with Crippen LogP contribution in [0.3, 0.4) is 0 Å². The fourth-order valence-electron chi connectivity index (χ4n) is 1.50. The quantitative estimate of drug-likeness (QED) is 0.918. The summed E-state index contributed by atoms with van der Waals surface area (Å²) >= 11 is 3.07. The van der Waals surface area contributed by atoms with Crippen molar-refractivity contribution in [3.63, 3.8) is 0 Å². The first-order valence-electron chi connectivity index (χ1n) is 5.32. The van der Waals surface area contributed by atoms with E-state index in [4.69, 9.17) is 10.5 Å². The molecule has 0 aromatic heterocycles. The van der Waals surface area contributed by atoms with Gasteiger partial charge in [-0.1, -0.05) is 15.9 Å². The summed E-state index contributed by atoms with van der Waals surface area (Å²) in [6.07, 6.45) is 0. The highest BCUT2D eigenvalue weighted by molar-refractivity contribution is 9.10. The molecule has 2 nitrogen and oxygen atoms in total. The van der Waals surface area contributed by atoms with E-state index in [0.29, 0.717) is 10.0 Å². The van der Waals surface area contributed by atoms with Crippen LogP contribution in [0.25, 0.3) is 0 Å². The molecule has 0 heterocycles. The van der Waals surface area contributed by atoms with Crippen LogP contribution in [0.5, 0.6) is 11.5 Å². The minimum atomic E-state index is -0.928. The van der Waals surface area contributed by atoms with Gasteiger partial charge in [0.25, 0.3) is 0 Å². The van der Waals surface area contributed by atoms with Gasteiger partial charge in [0.1, 0.15) is 0 Å². The number of halogens is 4. The molecule has 0 spiro atoms. The number of nitrogens with two attached hydrogens (primary N) is 1. The Morgan fingerprint density at radius 3 is 2.16 bits per heavy atom. The average Bonchev–Trinajstić information content (AvgIpc) is 2.35. The summed E-state index contributed by atoms with van der Waals surface area (Å²) in [4.78, 5) is 0. The van der Waals surface area contributed by atoms with E-state index < -0.39 is 23.2 Å². The summed E-state index contributed by atoms with van der Waals surface area (Å²) in [7, 11) is 0. The van der Waals surface area contributed by atoms with Crippen molar-refractivity contribution in [2.75, 3.05) is 0 Å². The fourth-order valence-corrected chi connectivity index (χ4v) is 1.83. The Balaban J connectivity index is 2.38. The van der Waals surface area contributed by atoms with Gasteiger partial charge >= 0.3 is 0 Å². The van der Waals surface area contributed by atoms with E-state index in [9.17, 15) is 13.2 Å². The summed E-state index contributed by atoms with van der Waals surface area (Å²) < 4.78 is 46.2. The minimum absolute atomic E-state index is 0.000759. The molecule has 6 heteroatoms. The molecule has 2 aromatic rings. The second-order valence-electron chi connectivity index (χ2n) is 3.77. The van der Waals surface area contributed by atoms with E-state index in [1.807, 2.05) is 0 Å². The van der Waals surface area contributed by atoms with Gasteiger partial charge < -0.3 is 10.5 Å². The van der Waals surface area contributed by atoms with E-state index in [2.05, 4.69) is 15.9 Å². The standard InChI is InChI=1S/C13H9BrF3NO/c14-8-1-2-12(9(15)5-8)19-13-10(16)3-7(6-18)4-11(13)17/h1-5H,6,18H2. The maximum atomic E-state index is 13.6. The second-order valence-corrected chi connectivity index (χ2v) is 4.69. The third kappa shape index (κ3) is 3.08. The minimum Gasteiger partial charge on any atom is -0.448 e. The first-order valence-corrected chi connectivity index (χ1v) is 6.11. The Bertz CT molecular complexity index is 596. The highest BCUT2D eigenvalue weighted by Crippen LogP contribution is 2.31. The van der Waals surface area contributed by atoms with Crippen molar-refractivity contribution in [1.82, 2.24) is 0 Å². The maximum absolute atomic E-state index is 13.6. The smallest absolute Gasteiger partial charge is 0.198 e. The van der Waals surface area contributed by atoms with Gasteiger partial charge in [-0.25, -0.2) is 13.2 Å². The molecule has 0 saturated carbocycles. The van der Waals surface area contributed by atoms with Gasteiger partial charge in [-0.3, -0.25) is 0 Å². The monoisotopic (exact) mass is 331 g/mol. The lowest BCUT2D eigenvalue weighted by Gasteiger charge is -2.10. The predicted octanol–water partition coefficient (Wildman–Crippen LogP) is 4.12. The van der Waals surface area contributed by atoms with Gasteiger partial charge in [0, 0.05) is 11.0 Å². The fraction of sp³-hybridized carbons (Fsp3) is 0.0769. The zero-order chi connectivity index (χ0) is 14.0. The number of rotatable bonds is 3. The molecule has 0 fully saturated rings.